The summed E-state index contributed by atoms with van der Waals surface area (Å²) in [4.78, 5) is 25.4. The quantitative estimate of drug-likeness (QED) is 0.861. The van der Waals surface area contributed by atoms with Gasteiger partial charge in [-0.1, -0.05) is 29.3 Å². The number of carbonyl (C=O) groups excluding carboxylic acids is 2. The fourth-order valence-corrected chi connectivity index (χ4v) is 2.68. The van der Waals surface area contributed by atoms with E-state index in [1.54, 1.807) is 18.2 Å². The number of carbonyl (C=O) groups is 2. The largest absolute Gasteiger partial charge is 0.469 e. The summed E-state index contributed by atoms with van der Waals surface area (Å²) < 4.78 is 4.71. The molecule has 0 saturated carbocycles. The Hall–Kier alpha value is -1.30. The first-order chi connectivity index (χ1) is 10.0. The number of hydrogen-bond donors (Lipinski definition) is 1. The van der Waals surface area contributed by atoms with Crippen molar-refractivity contribution in [3.05, 3.63) is 28.2 Å². The molecule has 5 nitrogen and oxygen atoms in total. The zero-order valence-corrected chi connectivity index (χ0v) is 13.1. The summed E-state index contributed by atoms with van der Waals surface area (Å²) in [5.74, 6) is -0.571. The van der Waals surface area contributed by atoms with E-state index < -0.39 is 0 Å². The number of methoxy groups -OCH3 is 1. The lowest BCUT2D eigenvalue weighted by Gasteiger charge is -2.15. The van der Waals surface area contributed by atoms with Gasteiger partial charge in [0.25, 0.3) is 0 Å². The van der Waals surface area contributed by atoms with E-state index in [-0.39, 0.29) is 24.3 Å². The van der Waals surface area contributed by atoms with Crippen LogP contribution in [0.1, 0.15) is 6.42 Å². The van der Waals surface area contributed by atoms with E-state index in [0.29, 0.717) is 35.2 Å². The van der Waals surface area contributed by atoms with Crippen molar-refractivity contribution >= 4 is 40.8 Å². The van der Waals surface area contributed by atoms with E-state index in [2.05, 4.69) is 5.32 Å². The Balaban J connectivity index is 1.88. The van der Waals surface area contributed by atoms with Gasteiger partial charge < -0.3 is 10.1 Å². The molecule has 1 fully saturated rings. The van der Waals surface area contributed by atoms with Crippen LogP contribution < -0.4 is 5.32 Å². The van der Waals surface area contributed by atoms with Crippen molar-refractivity contribution in [3.8, 4) is 0 Å². The molecule has 1 heterocycles. The monoisotopic (exact) mass is 330 g/mol. The number of nitrogens with zero attached hydrogens (tertiary/aromatic N) is 1. The molecule has 1 saturated heterocycles. The molecule has 1 aliphatic heterocycles. The zero-order chi connectivity index (χ0) is 15.4. The molecule has 1 atom stereocenters. The highest BCUT2D eigenvalue weighted by atomic mass is 35.5. The fraction of sp³-hybridized carbons (Fsp3) is 0.429. The lowest BCUT2D eigenvalue weighted by Crippen LogP contribution is -2.32. The molecule has 0 aromatic heterocycles. The molecule has 0 spiro atoms. The average molecular weight is 331 g/mol. The molecule has 1 aromatic carbocycles. The number of rotatable bonds is 4. The zero-order valence-electron chi connectivity index (χ0n) is 11.6. The number of halogens is 2. The predicted molar refractivity (Wildman–Crippen MR) is 81.7 cm³/mol. The third-order valence-corrected chi connectivity index (χ3v) is 4.22. The maximum atomic E-state index is 12.0. The van der Waals surface area contributed by atoms with E-state index in [1.807, 2.05) is 4.90 Å². The first-order valence-corrected chi connectivity index (χ1v) is 7.31. The van der Waals surface area contributed by atoms with Gasteiger partial charge in [0.15, 0.2) is 0 Å². The average Bonchev–Trinajstić information content (AvgIpc) is 2.91. The van der Waals surface area contributed by atoms with Crippen molar-refractivity contribution in [1.82, 2.24) is 4.90 Å². The van der Waals surface area contributed by atoms with Crippen LogP contribution in [-0.2, 0) is 14.3 Å². The summed E-state index contributed by atoms with van der Waals surface area (Å²) >= 11 is 11.9. The molecule has 1 aliphatic rings. The number of nitrogens with one attached hydrogen (secondary N) is 1. The summed E-state index contributed by atoms with van der Waals surface area (Å²) in [6, 6.07) is 5.06. The molecule has 7 heteroatoms. The van der Waals surface area contributed by atoms with Crippen LogP contribution in [0.4, 0.5) is 5.69 Å². The Kier molecular flexibility index (Phi) is 5.45. The molecule has 2 rings (SSSR count). The maximum absolute atomic E-state index is 12.0. The Morgan fingerprint density at radius 2 is 2.19 bits per heavy atom. The summed E-state index contributed by atoms with van der Waals surface area (Å²) in [5, 5.41) is 3.43. The van der Waals surface area contributed by atoms with Gasteiger partial charge in [-0.15, -0.1) is 0 Å². The molecule has 0 radical (unpaired) electrons. The van der Waals surface area contributed by atoms with Gasteiger partial charge in [-0.2, -0.15) is 0 Å². The van der Waals surface area contributed by atoms with Gasteiger partial charge in [0.05, 0.1) is 35.3 Å². The summed E-state index contributed by atoms with van der Waals surface area (Å²) in [5.41, 5.74) is 0.484. The first-order valence-electron chi connectivity index (χ1n) is 6.55. The van der Waals surface area contributed by atoms with Gasteiger partial charge in [-0.05, 0) is 25.1 Å². The summed E-state index contributed by atoms with van der Waals surface area (Å²) in [7, 11) is 1.37. The topological polar surface area (TPSA) is 58.6 Å². The van der Waals surface area contributed by atoms with Crippen LogP contribution >= 0.6 is 23.2 Å². The number of esters is 1. The standard InChI is InChI=1S/C14H16Cl2N2O3/c1-21-14(20)9-5-6-18(7-9)8-12(19)17-11-4-2-3-10(15)13(11)16/h2-4,9H,5-8H2,1H3,(H,17,19). The Bertz CT molecular complexity index is 551. The molecule has 1 N–H and O–H groups in total. The van der Waals surface area contributed by atoms with Crippen LogP contribution in [0.15, 0.2) is 18.2 Å². The smallest absolute Gasteiger partial charge is 0.310 e. The number of benzene rings is 1. The van der Waals surface area contributed by atoms with Crippen LogP contribution in [0.5, 0.6) is 0 Å². The second-order valence-electron chi connectivity index (χ2n) is 4.89. The van der Waals surface area contributed by atoms with Gasteiger partial charge in [0.2, 0.25) is 5.91 Å². The number of ether oxygens (including phenoxy) is 1. The lowest BCUT2D eigenvalue weighted by molar-refractivity contribution is -0.145. The normalized spacial score (nSPS) is 18.5. The molecule has 0 aliphatic carbocycles. The van der Waals surface area contributed by atoms with Gasteiger partial charge in [0, 0.05) is 6.54 Å². The van der Waals surface area contributed by atoms with Gasteiger partial charge in [0.1, 0.15) is 0 Å². The van der Waals surface area contributed by atoms with Gasteiger partial charge in [-0.25, -0.2) is 0 Å². The second-order valence-corrected chi connectivity index (χ2v) is 5.68. The van der Waals surface area contributed by atoms with E-state index in [4.69, 9.17) is 27.9 Å². The first kappa shape index (κ1) is 16.1. The Morgan fingerprint density at radius 3 is 2.90 bits per heavy atom. The van der Waals surface area contributed by atoms with Crippen LogP contribution in [0.3, 0.4) is 0 Å². The maximum Gasteiger partial charge on any atom is 0.310 e. The molecule has 1 amide bonds. The number of likely N-dealkylation sites (tertiary alicyclic amines) is 1. The molecule has 1 unspecified atom stereocenters. The van der Waals surface area contributed by atoms with Crippen molar-refractivity contribution in [2.24, 2.45) is 5.92 Å². The Morgan fingerprint density at radius 1 is 1.43 bits per heavy atom. The highest BCUT2D eigenvalue weighted by molar-refractivity contribution is 6.43. The van der Waals surface area contributed by atoms with Crippen molar-refractivity contribution < 1.29 is 14.3 Å². The molecule has 114 valence electrons. The minimum atomic E-state index is -0.226. The van der Waals surface area contributed by atoms with E-state index >= 15 is 0 Å². The van der Waals surface area contributed by atoms with E-state index in [1.165, 1.54) is 7.11 Å². The number of anilines is 1. The molecule has 21 heavy (non-hydrogen) atoms. The van der Waals surface area contributed by atoms with Crippen molar-refractivity contribution in [2.75, 3.05) is 32.1 Å². The fourth-order valence-electron chi connectivity index (χ4n) is 2.33. The predicted octanol–water partition coefficient (Wildman–Crippen LogP) is 2.43. The Labute approximate surface area is 133 Å². The highest BCUT2D eigenvalue weighted by Gasteiger charge is 2.29. The minimum Gasteiger partial charge on any atom is -0.469 e. The van der Waals surface area contributed by atoms with E-state index in [9.17, 15) is 9.59 Å². The summed E-state index contributed by atoms with van der Waals surface area (Å²) in [6.07, 6.45) is 0.706. The molecular weight excluding hydrogens is 315 g/mol. The van der Waals surface area contributed by atoms with Gasteiger partial charge >= 0.3 is 5.97 Å². The number of amides is 1. The lowest BCUT2D eigenvalue weighted by atomic mass is 10.1. The highest BCUT2D eigenvalue weighted by Crippen LogP contribution is 2.29. The second kappa shape index (κ2) is 7.11. The van der Waals surface area contributed by atoms with Crippen molar-refractivity contribution in [1.29, 1.82) is 0 Å². The minimum absolute atomic E-state index is 0.155. The third-order valence-electron chi connectivity index (χ3n) is 3.40. The van der Waals surface area contributed by atoms with Crippen LogP contribution in [0.2, 0.25) is 10.0 Å². The van der Waals surface area contributed by atoms with E-state index in [0.717, 1.165) is 0 Å². The van der Waals surface area contributed by atoms with Crippen LogP contribution in [0.25, 0.3) is 0 Å². The third kappa shape index (κ3) is 4.09. The van der Waals surface area contributed by atoms with Crippen LogP contribution in [0, 0.1) is 5.92 Å². The molecule has 1 aromatic rings. The SMILES string of the molecule is COC(=O)C1CCN(CC(=O)Nc2cccc(Cl)c2Cl)C1. The van der Waals surface area contributed by atoms with Crippen LogP contribution in [-0.4, -0.2) is 43.5 Å². The van der Waals surface area contributed by atoms with Crippen molar-refractivity contribution in [3.63, 3.8) is 0 Å². The molecular formula is C14H16Cl2N2O3. The summed E-state index contributed by atoms with van der Waals surface area (Å²) in [6.45, 7) is 1.43. The van der Waals surface area contributed by atoms with Gasteiger partial charge in [-0.3, -0.25) is 14.5 Å². The molecule has 0 bridgehead atoms. The van der Waals surface area contributed by atoms with Crippen molar-refractivity contribution in [2.45, 2.75) is 6.42 Å². The number of hydrogen-bond acceptors (Lipinski definition) is 4.